The monoisotopic (exact) mass is 296 g/mol. The maximum Gasteiger partial charge on any atom is 0.333 e. The minimum absolute atomic E-state index is 0.0913. The number of esters is 2. The molecule has 1 aliphatic carbocycles. The van der Waals surface area contributed by atoms with Crippen molar-refractivity contribution < 1.29 is 28.5 Å². The summed E-state index contributed by atoms with van der Waals surface area (Å²) >= 11 is 0. The molecule has 2 unspecified atom stereocenters. The van der Waals surface area contributed by atoms with Crippen LogP contribution >= 0.6 is 0 Å². The van der Waals surface area contributed by atoms with E-state index in [0.717, 1.165) is 25.7 Å². The van der Waals surface area contributed by atoms with Gasteiger partial charge in [0, 0.05) is 5.57 Å². The molecular weight excluding hydrogens is 276 g/mol. The zero-order chi connectivity index (χ0) is 15.1. The van der Waals surface area contributed by atoms with Gasteiger partial charge in [0.1, 0.15) is 24.7 Å². The third kappa shape index (κ3) is 2.58. The fourth-order valence-corrected chi connectivity index (χ4v) is 3.23. The molecule has 2 atom stereocenters. The molecule has 21 heavy (non-hydrogen) atoms. The molecule has 2 heterocycles. The fraction of sp³-hybridized carbons (Fsp3) is 0.733. The summed E-state index contributed by atoms with van der Waals surface area (Å²) in [4.78, 5) is 23.2. The predicted octanol–water partition coefficient (Wildman–Crippen LogP) is 1.48. The van der Waals surface area contributed by atoms with Gasteiger partial charge in [-0.1, -0.05) is 6.58 Å². The highest BCUT2D eigenvalue weighted by Crippen LogP contribution is 2.44. The SMILES string of the molecule is C=C(C)C(=O)OC1(C2COC3(COC(=O)C3)O2)CCCC1. The number of carbonyl (C=O) groups is 2. The van der Waals surface area contributed by atoms with E-state index in [1.54, 1.807) is 6.92 Å². The van der Waals surface area contributed by atoms with Crippen molar-refractivity contribution in [3.05, 3.63) is 12.2 Å². The molecule has 0 radical (unpaired) electrons. The van der Waals surface area contributed by atoms with E-state index in [0.29, 0.717) is 12.2 Å². The Labute approximate surface area is 123 Å². The lowest BCUT2D eigenvalue weighted by atomic mass is 9.94. The average Bonchev–Trinajstić information content (AvgIpc) is 3.12. The van der Waals surface area contributed by atoms with Gasteiger partial charge in [-0.3, -0.25) is 4.79 Å². The summed E-state index contributed by atoms with van der Waals surface area (Å²) in [7, 11) is 0. The minimum atomic E-state index is -0.993. The molecule has 6 nitrogen and oxygen atoms in total. The highest BCUT2D eigenvalue weighted by molar-refractivity contribution is 5.87. The quantitative estimate of drug-likeness (QED) is 0.580. The molecule has 3 aliphatic rings. The summed E-state index contributed by atoms with van der Waals surface area (Å²) in [6.07, 6.45) is 3.17. The van der Waals surface area contributed by atoms with Crippen LogP contribution in [0.1, 0.15) is 39.0 Å². The number of hydrogen-bond donors (Lipinski definition) is 0. The third-order valence-electron chi connectivity index (χ3n) is 4.40. The van der Waals surface area contributed by atoms with E-state index in [9.17, 15) is 9.59 Å². The Balaban J connectivity index is 1.75. The molecule has 116 valence electrons. The van der Waals surface area contributed by atoms with E-state index < -0.39 is 17.4 Å². The summed E-state index contributed by atoms with van der Waals surface area (Å²) in [5, 5.41) is 0. The van der Waals surface area contributed by atoms with Crippen LogP contribution in [0.5, 0.6) is 0 Å². The molecule has 0 aromatic carbocycles. The van der Waals surface area contributed by atoms with Crippen LogP contribution in [0.3, 0.4) is 0 Å². The first kappa shape index (κ1) is 14.5. The van der Waals surface area contributed by atoms with Crippen LogP contribution in [0.25, 0.3) is 0 Å². The zero-order valence-electron chi connectivity index (χ0n) is 12.2. The lowest BCUT2D eigenvalue weighted by Crippen LogP contribution is -2.47. The Kier molecular flexibility index (Phi) is 3.53. The van der Waals surface area contributed by atoms with Gasteiger partial charge in [-0.2, -0.15) is 0 Å². The largest absolute Gasteiger partial charge is 0.460 e. The Morgan fingerprint density at radius 1 is 1.38 bits per heavy atom. The van der Waals surface area contributed by atoms with Gasteiger partial charge in [-0.05, 0) is 32.6 Å². The van der Waals surface area contributed by atoms with Crippen LogP contribution in [-0.2, 0) is 28.5 Å². The Morgan fingerprint density at radius 2 is 2.10 bits per heavy atom. The maximum atomic E-state index is 11.9. The topological polar surface area (TPSA) is 71.1 Å². The predicted molar refractivity (Wildman–Crippen MR) is 71.2 cm³/mol. The van der Waals surface area contributed by atoms with Gasteiger partial charge in [-0.15, -0.1) is 0 Å². The molecule has 0 aromatic rings. The second-order valence-corrected chi connectivity index (χ2v) is 6.11. The number of ether oxygens (including phenoxy) is 4. The van der Waals surface area contributed by atoms with Gasteiger partial charge < -0.3 is 18.9 Å². The van der Waals surface area contributed by atoms with E-state index in [1.165, 1.54) is 0 Å². The minimum Gasteiger partial charge on any atom is -0.460 e. The molecule has 1 saturated carbocycles. The summed E-state index contributed by atoms with van der Waals surface area (Å²) in [6.45, 7) is 5.66. The first-order chi connectivity index (χ1) is 9.95. The van der Waals surface area contributed by atoms with Gasteiger partial charge in [0.2, 0.25) is 5.79 Å². The molecule has 1 spiro atoms. The average molecular weight is 296 g/mol. The second kappa shape index (κ2) is 5.10. The summed E-state index contributed by atoms with van der Waals surface area (Å²) in [6, 6.07) is 0. The Bertz CT molecular complexity index is 479. The van der Waals surface area contributed by atoms with Crippen LogP contribution in [0.15, 0.2) is 12.2 Å². The van der Waals surface area contributed by atoms with Crippen molar-refractivity contribution in [2.24, 2.45) is 0 Å². The zero-order valence-corrected chi connectivity index (χ0v) is 12.2. The molecular formula is C15H20O6. The number of cyclic esters (lactones) is 1. The molecule has 0 N–H and O–H groups in total. The van der Waals surface area contributed by atoms with E-state index in [2.05, 4.69) is 6.58 Å². The highest BCUT2D eigenvalue weighted by atomic mass is 16.8. The normalized spacial score (nSPS) is 34.1. The number of hydrogen-bond acceptors (Lipinski definition) is 6. The van der Waals surface area contributed by atoms with Gasteiger partial charge in [0.05, 0.1) is 6.61 Å². The second-order valence-electron chi connectivity index (χ2n) is 6.11. The molecule has 6 heteroatoms. The van der Waals surface area contributed by atoms with Crippen molar-refractivity contribution in [2.75, 3.05) is 13.2 Å². The van der Waals surface area contributed by atoms with Gasteiger partial charge in [0.15, 0.2) is 0 Å². The van der Waals surface area contributed by atoms with Crippen molar-refractivity contribution in [1.82, 2.24) is 0 Å². The molecule has 0 amide bonds. The summed E-state index contributed by atoms with van der Waals surface area (Å²) in [5.41, 5.74) is -0.306. The molecule has 3 fully saturated rings. The standard InChI is InChI=1S/C15H20O6/c1-10(2)13(17)21-14(5-3-4-6-14)11-8-19-15(20-11)7-12(16)18-9-15/h11H,1,3-9H2,2H3. The molecule has 2 saturated heterocycles. The lowest BCUT2D eigenvalue weighted by Gasteiger charge is -2.34. The van der Waals surface area contributed by atoms with Crippen molar-refractivity contribution in [3.63, 3.8) is 0 Å². The van der Waals surface area contributed by atoms with Crippen LogP contribution in [0.2, 0.25) is 0 Å². The van der Waals surface area contributed by atoms with Crippen molar-refractivity contribution in [2.45, 2.75) is 56.5 Å². The third-order valence-corrected chi connectivity index (χ3v) is 4.40. The number of rotatable bonds is 3. The van der Waals surface area contributed by atoms with Gasteiger partial charge in [0.25, 0.3) is 0 Å². The van der Waals surface area contributed by atoms with Crippen LogP contribution in [0, 0.1) is 0 Å². The van der Waals surface area contributed by atoms with Crippen molar-refractivity contribution in [1.29, 1.82) is 0 Å². The van der Waals surface area contributed by atoms with Crippen molar-refractivity contribution in [3.8, 4) is 0 Å². The van der Waals surface area contributed by atoms with Crippen LogP contribution < -0.4 is 0 Å². The van der Waals surface area contributed by atoms with E-state index in [1.807, 2.05) is 0 Å². The molecule has 0 aromatic heterocycles. The Morgan fingerprint density at radius 3 is 2.67 bits per heavy atom. The van der Waals surface area contributed by atoms with Gasteiger partial charge >= 0.3 is 11.9 Å². The van der Waals surface area contributed by atoms with Gasteiger partial charge in [-0.25, -0.2) is 4.79 Å². The highest BCUT2D eigenvalue weighted by Gasteiger charge is 2.57. The van der Waals surface area contributed by atoms with Crippen molar-refractivity contribution >= 4 is 11.9 Å². The number of carbonyl (C=O) groups excluding carboxylic acids is 2. The summed E-state index contributed by atoms with van der Waals surface area (Å²) < 4.78 is 22.3. The molecule has 2 aliphatic heterocycles. The maximum absolute atomic E-state index is 11.9. The Hall–Kier alpha value is -1.40. The fourth-order valence-electron chi connectivity index (χ4n) is 3.23. The van der Waals surface area contributed by atoms with E-state index in [-0.39, 0.29) is 25.1 Å². The molecule has 0 bridgehead atoms. The van der Waals surface area contributed by atoms with E-state index >= 15 is 0 Å². The van der Waals surface area contributed by atoms with Crippen LogP contribution in [0.4, 0.5) is 0 Å². The smallest absolute Gasteiger partial charge is 0.333 e. The van der Waals surface area contributed by atoms with E-state index in [4.69, 9.17) is 18.9 Å². The first-order valence-electron chi connectivity index (χ1n) is 7.31. The summed E-state index contributed by atoms with van der Waals surface area (Å²) in [5.74, 6) is -1.72. The molecule has 3 rings (SSSR count). The lowest BCUT2D eigenvalue weighted by molar-refractivity contribution is -0.200. The first-order valence-corrected chi connectivity index (χ1v) is 7.31. The van der Waals surface area contributed by atoms with Crippen LogP contribution in [-0.4, -0.2) is 42.6 Å².